The van der Waals surface area contributed by atoms with Gasteiger partial charge in [-0.3, -0.25) is 10.1 Å². The largest absolute Gasteiger partial charge is 0.303 e. The number of carbonyl (C=O) groups excluding carboxylic acids is 1. The summed E-state index contributed by atoms with van der Waals surface area (Å²) in [7, 11) is 0. The van der Waals surface area contributed by atoms with Crippen molar-refractivity contribution in [3.8, 4) is 0 Å². The van der Waals surface area contributed by atoms with Gasteiger partial charge < -0.3 is 4.79 Å². The number of hydrogen-bond acceptors (Lipinski definition) is 3. The van der Waals surface area contributed by atoms with E-state index in [4.69, 9.17) is 0 Å². The van der Waals surface area contributed by atoms with E-state index < -0.39 is 5.41 Å². The van der Waals surface area contributed by atoms with Crippen molar-refractivity contribution in [3.05, 3.63) is 46.0 Å². The average molecular weight is 261 g/mol. The van der Waals surface area contributed by atoms with E-state index >= 15 is 0 Å². The van der Waals surface area contributed by atoms with Crippen LogP contribution in [0.3, 0.4) is 0 Å². The molecule has 1 fully saturated rings. The molecule has 0 unspecified atom stereocenters. The van der Waals surface area contributed by atoms with Crippen LogP contribution >= 0.6 is 0 Å². The normalized spacial score (nSPS) is 19.6. The smallest absolute Gasteiger partial charge is 0.211 e. The molecular formula is C15H19NO3. The SMILES string of the molecule is O=CC1([C@@H](C[N+](=O)[O-])c2ccccc2)CCCCC1. The van der Waals surface area contributed by atoms with Crippen molar-refractivity contribution < 1.29 is 9.72 Å². The first kappa shape index (κ1) is 13.7. The highest BCUT2D eigenvalue weighted by Crippen LogP contribution is 2.45. The van der Waals surface area contributed by atoms with Crippen molar-refractivity contribution in [1.29, 1.82) is 0 Å². The Morgan fingerprint density at radius 3 is 2.37 bits per heavy atom. The van der Waals surface area contributed by atoms with Gasteiger partial charge in [0.25, 0.3) is 0 Å². The lowest BCUT2D eigenvalue weighted by Gasteiger charge is -2.37. The van der Waals surface area contributed by atoms with Crippen LogP contribution in [0.25, 0.3) is 0 Å². The van der Waals surface area contributed by atoms with Crippen LogP contribution in [0.2, 0.25) is 0 Å². The third-order valence-corrected chi connectivity index (χ3v) is 4.25. The van der Waals surface area contributed by atoms with Crippen LogP contribution in [0.5, 0.6) is 0 Å². The molecule has 102 valence electrons. The molecule has 0 bridgehead atoms. The van der Waals surface area contributed by atoms with Crippen LogP contribution in [0.4, 0.5) is 0 Å². The summed E-state index contributed by atoms with van der Waals surface area (Å²) in [5, 5.41) is 11.0. The zero-order chi connectivity index (χ0) is 13.7. The summed E-state index contributed by atoms with van der Waals surface area (Å²) in [6.45, 7) is -0.164. The van der Waals surface area contributed by atoms with E-state index in [1.165, 1.54) is 0 Å². The number of carbonyl (C=O) groups is 1. The summed E-state index contributed by atoms with van der Waals surface area (Å²) in [5.74, 6) is -0.304. The van der Waals surface area contributed by atoms with Gasteiger partial charge in [-0.1, -0.05) is 49.6 Å². The van der Waals surface area contributed by atoms with Gasteiger partial charge in [0, 0.05) is 10.3 Å². The first-order valence-corrected chi connectivity index (χ1v) is 6.81. The Morgan fingerprint density at radius 1 is 1.21 bits per heavy atom. The lowest BCUT2D eigenvalue weighted by atomic mass is 9.64. The van der Waals surface area contributed by atoms with Gasteiger partial charge in [0.05, 0.1) is 5.92 Å². The molecule has 2 rings (SSSR count). The van der Waals surface area contributed by atoms with Crippen molar-refractivity contribution >= 4 is 6.29 Å². The maximum atomic E-state index is 11.7. The van der Waals surface area contributed by atoms with Crippen LogP contribution in [0, 0.1) is 15.5 Å². The summed E-state index contributed by atoms with van der Waals surface area (Å²) in [6, 6.07) is 9.44. The third kappa shape index (κ3) is 3.00. The Bertz CT molecular complexity index is 438. The van der Waals surface area contributed by atoms with Crippen LogP contribution in [-0.2, 0) is 4.79 Å². The number of hydrogen-bond donors (Lipinski definition) is 0. The minimum absolute atomic E-state index is 0.164. The molecule has 1 saturated carbocycles. The Labute approximate surface area is 113 Å². The average Bonchev–Trinajstić information content (AvgIpc) is 2.46. The molecule has 0 aromatic heterocycles. The second-order valence-corrected chi connectivity index (χ2v) is 5.39. The monoisotopic (exact) mass is 261 g/mol. The van der Waals surface area contributed by atoms with Crippen molar-refractivity contribution in [3.63, 3.8) is 0 Å². The molecule has 0 N–H and O–H groups in total. The number of nitro groups is 1. The molecule has 1 aliphatic rings. The van der Waals surface area contributed by atoms with Gasteiger partial charge in [-0.15, -0.1) is 0 Å². The predicted molar refractivity (Wildman–Crippen MR) is 72.6 cm³/mol. The molecule has 0 spiro atoms. The molecule has 0 aliphatic heterocycles. The molecule has 0 heterocycles. The predicted octanol–water partition coefficient (Wildman–Crippen LogP) is 3.20. The van der Waals surface area contributed by atoms with E-state index in [0.717, 1.165) is 44.0 Å². The molecule has 0 radical (unpaired) electrons. The van der Waals surface area contributed by atoms with Crippen molar-refractivity contribution in [1.82, 2.24) is 0 Å². The number of nitrogens with zero attached hydrogens (tertiary/aromatic N) is 1. The van der Waals surface area contributed by atoms with Gasteiger partial charge in [0.2, 0.25) is 6.54 Å². The molecule has 4 heteroatoms. The Hall–Kier alpha value is -1.71. The van der Waals surface area contributed by atoms with Gasteiger partial charge >= 0.3 is 0 Å². The van der Waals surface area contributed by atoms with Crippen LogP contribution in [-0.4, -0.2) is 17.8 Å². The van der Waals surface area contributed by atoms with E-state index in [1.807, 2.05) is 30.3 Å². The fourth-order valence-electron chi connectivity index (χ4n) is 3.21. The van der Waals surface area contributed by atoms with Crippen molar-refractivity contribution in [2.75, 3.05) is 6.54 Å². The zero-order valence-corrected chi connectivity index (χ0v) is 11.0. The third-order valence-electron chi connectivity index (χ3n) is 4.25. The van der Waals surface area contributed by atoms with Crippen LogP contribution in [0.15, 0.2) is 30.3 Å². The van der Waals surface area contributed by atoms with E-state index in [2.05, 4.69) is 0 Å². The summed E-state index contributed by atoms with van der Waals surface area (Å²) < 4.78 is 0. The molecule has 19 heavy (non-hydrogen) atoms. The standard InChI is InChI=1S/C15H19NO3/c17-12-15(9-5-2-6-10-15)14(11-16(18)19)13-7-3-1-4-8-13/h1,3-4,7-8,12,14H,2,5-6,9-11H2/t14-/m0/s1. The Balaban J connectivity index is 2.35. The van der Waals surface area contributed by atoms with Gasteiger partial charge in [0.15, 0.2) is 0 Å². The first-order chi connectivity index (χ1) is 9.18. The van der Waals surface area contributed by atoms with Gasteiger partial charge in [0.1, 0.15) is 6.29 Å². The maximum absolute atomic E-state index is 11.7. The molecule has 1 aromatic carbocycles. The lowest BCUT2D eigenvalue weighted by molar-refractivity contribution is -0.486. The number of rotatable bonds is 5. The van der Waals surface area contributed by atoms with Crippen LogP contribution in [0.1, 0.15) is 43.6 Å². The van der Waals surface area contributed by atoms with E-state index in [0.29, 0.717) is 0 Å². The van der Waals surface area contributed by atoms with Gasteiger partial charge in [-0.05, 0) is 18.4 Å². The van der Waals surface area contributed by atoms with Crippen LogP contribution < -0.4 is 0 Å². The summed E-state index contributed by atoms with van der Waals surface area (Å²) in [6.07, 6.45) is 5.61. The Morgan fingerprint density at radius 2 is 1.84 bits per heavy atom. The summed E-state index contributed by atoms with van der Waals surface area (Å²) in [5.41, 5.74) is 0.361. The number of benzene rings is 1. The zero-order valence-electron chi connectivity index (χ0n) is 11.0. The molecule has 1 aliphatic carbocycles. The first-order valence-electron chi connectivity index (χ1n) is 6.81. The second-order valence-electron chi connectivity index (χ2n) is 5.39. The van der Waals surface area contributed by atoms with E-state index in [-0.39, 0.29) is 17.4 Å². The maximum Gasteiger partial charge on any atom is 0.211 e. The van der Waals surface area contributed by atoms with Gasteiger partial charge in [-0.25, -0.2) is 0 Å². The van der Waals surface area contributed by atoms with Gasteiger partial charge in [-0.2, -0.15) is 0 Å². The Kier molecular flexibility index (Phi) is 4.30. The summed E-state index contributed by atoms with van der Waals surface area (Å²) in [4.78, 5) is 22.3. The topological polar surface area (TPSA) is 60.2 Å². The highest BCUT2D eigenvalue weighted by molar-refractivity contribution is 5.62. The molecule has 4 nitrogen and oxygen atoms in total. The van der Waals surface area contributed by atoms with E-state index in [9.17, 15) is 14.9 Å². The summed E-state index contributed by atoms with van der Waals surface area (Å²) >= 11 is 0. The minimum atomic E-state index is -0.549. The highest BCUT2D eigenvalue weighted by Gasteiger charge is 2.43. The second kappa shape index (κ2) is 5.95. The number of aldehydes is 1. The lowest BCUT2D eigenvalue weighted by Crippen LogP contribution is -2.36. The molecule has 1 atom stereocenters. The fraction of sp³-hybridized carbons (Fsp3) is 0.533. The minimum Gasteiger partial charge on any atom is -0.303 e. The molecular weight excluding hydrogens is 242 g/mol. The quantitative estimate of drug-likeness (QED) is 0.464. The van der Waals surface area contributed by atoms with E-state index in [1.54, 1.807) is 0 Å². The molecule has 0 amide bonds. The highest BCUT2D eigenvalue weighted by atomic mass is 16.6. The fourth-order valence-corrected chi connectivity index (χ4v) is 3.21. The van der Waals surface area contributed by atoms with Crippen molar-refractivity contribution in [2.45, 2.75) is 38.0 Å². The van der Waals surface area contributed by atoms with Crippen molar-refractivity contribution in [2.24, 2.45) is 5.41 Å². The molecule has 0 saturated heterocycles. The molecule has 1 aromatic rings.